The number of piperidine rings is 1. The molecule has 194 valence electrons. The van der Waals surface area contributed by atoms with Crippen LogP contribution in [0.2, 0.25) is 5.02 Å². The van der Waals surface area contributed by atoms with Gasteiger partial charge in [0.25, 0.3) is 5.91 Å². The van der Waals surface area contributed by atoms with Crippen molar-refractivity contribution in [3.05, 3.63) is 94.0 Å². The van der Waals surface area contributed by atoms with Gasteiger partial charge >= 0.3 is 0 Å². The summed E-state index contributed by atoms with van der Waals surface area (Å²) in [5.74, 6) is 0.546. The number of nitrogens with two attached hydrogens (primary N) is 1. The van der Waals surface area contributed by atoms with E-state index in [1.54, 1.807) is 24.3 Å². The number of ether oxygens (including phenoxy) is 1. The second-order valence-electron chi connectivity index (χ2n) is 9.76. The Morgan fingerprint density at radius 2 is 1.81 bits per heavy atom. The molecule has 3 atom stereocenters. The molecule has 0 radical (unpaired) electrons. The molecule has 1 aliphatic rings. The van der Waals surface area contributed by atoms with Gasteiger partial charge in [0.2, 0.25) is 0 Å². The number of halogens is 1. The Labute approximate surface area is 224 Å². The van der Waals surface area contributed by atoms with Crippen molar-refractivity contribution in [3.63, 3.8) is 0 Å². The summed E-state index contributed by atoms with van der Waals surface area (Å²) in [6.45, 7) is 4.78. The molecule has 4 rings (SSSR count). The lowest BCUT2D eigenvalue weighted by molar-refractivity contribution is 0.0344. The van der Waals surface area contributed by atoms with Crippen LogP contribution in [0, 0.1) is 5.41 Å². The molecule has 6 nitrogen and oxygen atoms in total. The van der Waals surface area contributed by atoms with E-state index < -0.39 is 0 Å². The zero-order valence-corrected chi connectivity index (χ0v) is 22.4. The molecule has 37 heavy (non-hydrogen) atoms. The summed E-state index contributed by atoms with van der Waals surface area (Å²) in [6.07, 6.45) is 3.29. The highest BCUT2D eigenvalue weighted by Crippen LogP contribution is 2.28. The third-order valence-corrected chi connectivity index (χ3v) is 7.68. The molecule has 1 heterocycles. The summed E-state index contributed by atoms with van der Waals surface area (Å²) < 4.78 is 6.31. The van der Waals surface area contributed by atoms with Gasteiger partial charge in [-0.2, -0.15) is 0 Å². The number of nitrogens with zero attached hydrogens (tertiary/aromatic N) is 1. The van der Waals surface area contributed by atoms with Gasteiger partial charge in [0.15, 0.2) is 0 Å². The van der Waals surface area contributed by atoms with Gasteiger partial charge in [-0.3, -0.25) is 10.2 Å². The normalized spacial score (nSPS) is 19.8. The number of likely N-dealkylation sites (tertiary alicyclic amines) is 1. The highest BCUT2D eigenvalue weighted by Gasteiger charge is 2.31. The largest absolute Gasteiger partial charge is 0.490 e. The predicted molar refractivity (Wildman–Crippen MR) is 151 cm³/mol. The topological polar surface area (TPSA) is 91.4 Å². The fourth-order valence-electron chi connectivity index (χ4n) is 4.90. The summed E-state index contributed by atoms with van der Waals surface area (Å²) >= 11 is 6.19. The third kappa shape index (κ3) is 6.32. The van der Waals surface area contributed by atoms with Crippen LogP contribution >= 0.6 is 11.6 Å². The highest BCUT2D eigenvalue weighted by atomic mass is 35.5. The maximum atomic E-state index is 12.8. The van der Waals surface area contributed by atoms with Gasteiger partial charge in [-0.05, 0) is 87.3 Å². The molecule has 0 spiro atoms. The lowest BCUT2D eigenvalue weighted by Gasteiger charge is -2.41. The summed E-state index contributed by atoms with van der Waals surface area (Å²) in [4.78, 5) is 15.2. The highest BCUT2D eigenvalue weighted by molar-refractivity contribution is 6.31. The van der Waals surface area contributed by atoms with Crippen molar-refractivity contribution < 1.29 is 9.53 Å². The van der Waals surface area contributed by atoms with Crippen molar-refractivity contribution in [1.82, 2.24) is 10.2 Å². The predicted octanol–water partition coefficient (Wildman–Crippen LogP) is 5.91. The number of rotatable bonds is 8. The van der Waals surface area contributed by atoms with Gasteiger partial charge < -0.3 is 20.7 Å². The molecule has 4 N–H and O–H groups in total. The molecule has 0 aliphatic carbocycles. The molecule has 1 amide bonds. The monoisotopic (exact) mass is 518 g/mol. The van der Waals surface area contributed by atoms with Crippen LogP contribution in [-0.2, 0) is 6.54 Å². The number of benzene rings is 3. The van der Waals surface area contributed by atoms with E-state index in [1.165, 1.54) is 0 Å². The van der Waals surface area contributed by atoms with Crippen LogP contribution in [0.4, 0.5) is 5.69 Å². The van der Waals surface area contributed by atoms with Gasteiger partial charge in [-0.1, -0.05) is 36.7 Å². The Kier molecular flexibility index (Phi) is 8.52. The number of hydrogen-bond donors (Lipinski definition) is 3. The van der Waals surface area contributed by atoms with E-state index in [2.05, 4.69) is 31.1 Å². The molecular formula is C30H35ClN4O2. The Hall–Kier alpha value is -3.35. The first-order valence-corrected chi connectivity index (χ1v) is 13.1. The van der Waals surface area contributed by atoms with E-state index in [9.17, 15) is 4.79 Å². The van der Waals surface area contributed by atoms with Crippen LogP contribution < -0.4 is 15.8 Å². The first-order valence-electron chi connectivity index (χ1n) is 12.8. The van der Waals surface area contributed by atoms with E-state index in [0.29, 0.717) is 46.0 Å². The van der Waals surface area contributed by atoms with Crippen molar-refractivity contribution in [1.29, 1.82) is 5.41 Å². The number of nitrogens with one attached hydrogen (secondary N) is 2. The number of carbonyl (C=O) groups excluding carboxylic acids is 1. The van der Waals surface area contributed by atoms with Crippen LogP contribution in [0.1, 0.15) is 60.2 Å². The minimum Gasteiger partial charge on any atom is -0.490 e. The van der Waals surface area contributed by atoms with Crippen molar-refractivity contribution >= 4 is 28.9 Å². The van der Waals surface area contributed by atoms with Crippen LogP contribution in [0.25, 0.3) is 0 Å². The zero-order chi connectivity index (χ0) is 26.5. The van der Waals surface area contributed by atoms with Crippen LogP contribution in [0.3, 0.4) is 0 Å². The molecule has 3 aromatic rings. The maximum Gasteiger partial charge on any atom is 0.251 e. The zero-order valence-electron chi connectivity index (χ0n) is 21.6. The van der Waals surface area contributed by atoms with E-state index in [4.69, 9.17) is 27.5 Å². The van der Waals surface area contributed by atoms with E-state index in [-0.39, 0.29) is 17.7 Å². The average molecular weight is 519 g/mol. The second-order valence-corrected chi connectivity index (χ2v) is 10.2. The summed E-state index contributed by atoms with van der Waals surface area (Å²) in [6, 6.07) is 20.9. The van der Waals surface area contributed by atoms with Crippen LogP contribution in [-0.4, -0.2) is 41.8 Å². The molecule has 1 fully saturated rings. The van der Waals surface area contributed by atoms with Crippen molar-refractivity contribution in [3.8, 4) is 5.75 Å². The number of anilines is 1. The van der Waals surface area contributed by atoms with Gasteiger partial charge in [0, 0.05) is 46.0 Å². The second kappa shape index (κ2) is 11.8. The molecular weight excluding hydrogens is 484 g/mol. The molecule has 0 bridgehead atoms. The molecule has 0 saturated carbocycles. The Morgan fingerprint density at radius 3 is 2.51 bits per heavy atom. The Bertz CT molecular complexity index is 1260. The lowest BCUT2D eigenvalue weighted by atomic mass is 9.93. The number of carbonyl (C=O) groups is 1. The van der Waals surface area contributed by atoms with E-state index in [1.807, 2.05) is 42.5 Å². The molecule has 7 heteroatoms. The number of hydrogen-bond acceptors (Lipinski definition) is 5. The van der Waals surface area contributed by atoms with Gasteiger partial charge in [-0.15, -0.1) is 0 Å². The first-order chi connectivity index (χ1) is 17.8. The van der Waals surface area contributed by atoms with Gasteiger partial charge in [0.05, 0.1) is 5.71 Å². The lowest BCUT2D eigenvalue weighted by Crippen LogP contribution is -2.48. The van der Waals surface area contributed by atoms with Crippen LogP contribution in [0.15, 0.2) is 66.7 Å². The van der Waals surface area contributed by atoms with Crippen molar-refractivity contribution in [2.75, 3.05) is 12.8 Å². The standard InChI is InChI=1S/C30H35ClN4O2/c1-4-23-17-25(15-19(2)35(23)3)37-24-12-9-20(10-13-24)29(33)26-16-21(11-14-28(26)32)30(36)34-18-22-7-5-6-8-27(22)31/h5-14,16,19,23,25,33H,4,15,17-18,32H2,1-3H3,(H,34,36). The quantitative estimate of drug-likeness (QED) is 0.255. The minimum absolute atomic E-state index is 0.179. The van der Waals surface area contributed by atoms with E-state index >= 15 is 0 Å². The van der Waals surface area contributed by atoms with Gasteiger partial charge in [-0.25, -0.2) is 0 Å². The van der Waals surface area contributed by atoms with Crippen LogP contribution in [0.5, 0.6) is 5.75 Å². The summed E-state index contributed by atoms with van der Waals surface area (Å²) in [5.41, 5.74) is 9.38. The molecule has 1 saturated heterocycles. The van der Waals surface area contributed by atoms with Crippen molar-refractivity contribution in [2.24, 2.45) is 0 Å². The fourth-order valence-corrected chi connectivity index (χ4v) is 5.11. The van der Waals surface area contributed by atoms with E-state index in [0.717, 1.165) is 30.6 Å². The smallest absolute Gasteiger partial charge is 0.251 e. The molecule has 0 aromatic heterocycles. The summed E-state index contributed by atoms with van der Waals surface area (Å²) in [5, 5.41) is 12.3. The molecule has 1 aliphatic heterocycles. The first kappa shape index (κ1) is 26.7. The third-order valence-electron chi connectivity index (χ3n) is 7.31. The SMILES string of the molecule is CCC1CC(Oc2ccc(C(=N)c3cc(C(=O)NCc4ccccc4Cl)ccc3N)cc2)CC(C)N1C. The number of nitrogen functional groups attached to an aromatic ring is 1. The Morgan fingerprint density at radius 1 is 1.11 bits per heavy atom. The summed E-state index contributed by atoms with van der Waals surface area (Å²) in [7, 11) is 2.19. The average Bonchev–Trinajstić information content (AvgIpc) is 2.90. The molecule has 3 aromatic carbocycles. The minimum atomic E-state index is -0.254. The Balaban J connectivity index is 1.43. The number of amides is 1. The van der Waals surface area contributed by atoms with Crippen molar-refractivity contribution in [2.45, 2.75) is 57.8 Å². The van der Waals surface area contributed by atoms with Gasteiger partial charge in [0.1, 0.15) is 11.9 Å². The fraction of sp³-hybridized carbons (Fsp3) is 0.333. The molecule has 3 unspecified atom stereocenters. The maximum absolute atomic E-state index is 12.8.